The first-order valence-electron chi connectivity index (χ1n) is 5.70. The molecule has 1 nitrogen and oxygen atoms in total. The van der Waals surface area contributed by atoms with Gasteiger partial charge in [0.05, 0.1) is 5.02 Å². The summed E-state index contributed by atoms with van der Waals surface area (Å²) in [6.45, 7) is 1.61. The molecule has 0 aliphatic carbocycles. The van der Waals surface area contributed by atoms with E-state index in [0.29, 0.717) is 11.1 Å². The lowest BCUT2D eigenvalue weighted by molar-refractivity contribution is 0.0993. The van der Waals surface area contributed by atoms with Gasteiger partial charge in [0.1, 0.15) is 5.82 Å². The fraction of sp³-hybridized carbons (Fsp3) is 0.133. The highest BCUT2D eigenvalue weighted by Crippen LogP contribution is 2.22. The molecular weight excluding hydrogens is 331 g/mol. The minimum atomic E-state index is -0.398. The number of hydrogen-bond acceptors (Lipinski definition) is 1. The molecule has 0 unspecified atom stereocenters. The van der Waals surface area contributed by atoms with Crippen LogP contribution in [0.1, 0.15) is 21.5 Å². The van der Waals surface area contributed by atoms with Gasteiger partial charge in [0.25, 0.3) is 0 Å². The van der Waals surface area contributed by atoms with E-state index in [4.69, 9.17) is 11.6 Å². The van der Waals surface area contributed by atoms with E-state index in [-0.39, 0.29) is 17.2 Å². The molecule has 0 aromatic heterocycles. The first-order valence-corrected chi connectivity index (χ1v) is 6.88. The smallest absolute Gasteiger partial charge is 0.168 e. The maximum atomic E-state index is 13.3. The third kappa shape index (κ3) is 3.43. The Bertz CT molecular complexity index is 623. The van der Waals surface area contributed by atoms with Crippen molar-refractivity contribution in [3.05, 3.63) is 68.4 Å². The minimum absolute atomic E-state index is 0.115. The summed E-state index contributed by atoms with van der Waals surface area (Å²) in [6.07, 6.45) is 0.248. The summed E-state index contributed by atoms with van der Waals surface area (Å²) >= 11 is 9.26. The Morgan fingerprint density at radius 2 is 1.89 bits per heavy atom. The van der Waals surface area contributed by atoms with Crippen LogP contribution in [0, 0.1) is 12.7 Å². The number of hydrogen-bond donors (Lipinski definition) is 0. The summed E-state index contributed by atoms with van der Waals surface area (Å²) in [5.41, 5.74) is 1.68. The second-order valence-corrected chi connectivity index (χ2v) is 5.63. The molecule has 0 fully saturated rings. The van der Waals surface area contributed by atoms with E-state index in [9.17, 15) is 9.18 Å². The molecule has 0 heterocycles. The van der Waals surface area contributed by atoms with E-state index in [1.54, 1.807) is 6.92 Å². The molecule has 0 saturated carbocycles. The molecule has 2 aromatic carbocycles. The number of carbonyl (C=O) groups is 1. The van der Waals surface area contributed by atoms with Crippen LogP contribution < -0.4 is 0 Å². The van der Waals surface area contributed by atoms with Crippen LogP contribution >= 0.6 is 27.5 Å². The predicted molar refractivity (Wildman–Crippen MR) is 78.3 cm³/mol. The van der Waals surface area contributed by atoms with Crippen molar-refractivity contribution in [3.8, 4) is 0 Å². The Kier molecular flexibility index (Phi) is 4.38. The molecule has 0 amide bonds. The van der Waals surface area contributed by atoms with E-state index in [1.165, 1.54) is 12.1 Å². The van der Waals surface area contributed by atoms with Gasteiger partial charge in [-0.15, -0.1) is 0 Å². The molecule has 0 aliphatic heterocycles. The lowest BCUT2D eigenvalue weighted by Crippen LogP contribution is -2.05. The zero-order chi connectivity index (χ0) is 14.0. The number of halogens is 3. The average Bonchev–Trinajstić information content (AvgIpc) is 2.36. The van der Waals surface area contributed by atoms with Gasteiger partial charge in [-0.25, -0.2) is 4.39 Å². The van der Waals surface area contributed by atoms with Crippen LogP contribution in [0.25, 0.3) is 0 Å². The molecule has 0 saturated heterocycles. The van der Waals surface area contributed by atoms with Crippen molar-refractivity contribution in [1.29, 1.82) is 0 Å². The van der Waals surface area contributed by atoms with Gasteiger partial charge < -0.3 is 0 Å². The molecule has 2 rings (SSSR count). The van der Waals surface area contributed by atoms with Crippen molar-refractivity contribution < 1.29 is 9.18 Å². The quantitative estimate of drug-likeness (QED) is 0.720. The van der Waals surface area contributed by atoms with Gasteiger partial charge in [-0.1, -0.05) is 39.7 Å². The van der Waals surface area contributed by atoms with Gasteiger partial charge in [0, 0.05) is 16.5 Å². The van der Waals surface area contributed by atoms with E-state index in [0.717, 1.165) is 10.0 Å². The largest absolute Gasteiger partial charge is 0.294 e. The highest BCUT2D eigenvalue weighted by molar-refractivity contribution is 9.10. The van der Waals surface area contributed by atoms with Gasteiger partial charge in [-0.2, -0.15) is 0 Å². The van der Waals surface area contributed by atoms with E-state index in [1.807, 2.05) is 24.3 Å². The summed E-state index contributed by atoms with van der Waals surface area (Å²) < 4.78 is 14.3. The molecule has 98 valence electrons. The number of carbonyl (C=O) groups excluding carboxylic acids is 1. The van der Waals surface area contributed by atoms with Crippen LogP contribution in [0.2, 0.25) is 5.02 Å². The summed E-state index contributed by atoms with van der Waals surface area (Å²) in [5.74, 6) is -0.513. The maximum absolute atomic E-state index is 13.3. The van der Waals surface area contributed by atoms with Crippen LogP contribution in [0.15, 0.2) is 40.9 Å². The first kappa shape index (κ1) is 14.2. The van der Waals surface area contributed by atoms with E-state index < -0.39 is 5.82 Å². The Labute approximate surface area is 124 Å². The maximum Gasteiger partial charge on any atom is 0.168 e. The SMILES string of the molecule is Cc1cc(C(=O)Cc2ccc(Br)cc2)c(Cl)cc1F. The van der Waals surface area contributed by atoms with Gasteiger partial charge in [0.2, 0.25) is 0 Å². The monoisotopic (exact) mass is 340 g/mol. The van der Waals surface area contributed by atoms with Crippen molar-refractivity contribution in [3.63, 3.8) is 0 Å². The summed E-state index contributed by atoms with van der Waals surface area (Å²) in [4.78, 5) is 12.2. The van der Waals surface area contributed by atoms with Crippen molar-refractivity contribution >= 4 is 33.3 Å². The summed E-state index contributed by atoms with van der Waals surface area (Å²) in [6, 6.07) is 10.2. The van der Waals surface area contributed by atoms with E-state index >= 15 is 0 Å². The number of aryl methyl sites for hydroxylation is 1. The van der Waals surface area contributed by atoms with Crippen molar-refractivity contribution in [2.75, 3.05) is 0 Å². The van der Waals surface area contributed by atoms with Gasteiger partial charge in [-0.3, -0.25) is 4.79 Å². The zero-order valence-corrected chi connectivity index (χ0v) is 12.6. The highest BCUT2D eigenvalue weighted by Gasteiger charge is 2.13. The van der Waals surface area contributed by atoms with Crippen molar-refractivity contribution in [2.45, 2.75) is 13.3 Å². The molecule has 19 heavy (non-hydrogen) atoms. The third-order valence-electron chi connectivity index (χ3n) is 2.83. The molecule has 0 spiro atoms. The predicted octanol–water partition coefficient (Wildman–Crippen LogP) is 4.98. The molecular formula is C15H11BrClFO. The zero-order valence-electron chi connectivity index (χ0n) is 10.2. The Morgan fingerprint density at radius 1 is 1.26 bits per heavy atom. The fourth-order valence-corrected chi connectivity index (χ4v) is 2.27. The Hall–Kier alpha value is -1.19. The standard InChI is InChI=1S/C15H11BrClFO/c1-9-6-12(13(17)8-14(9)18)15(19)7-10-2-4-11(16)5-3-10/h2-6,8H,7H2,1H3. The minimum Gasteiger partial charge on any atom is -0.294 e. The number of rotatable bonds is 3. The van der Waals surface area contributed by atoms with Crippen LogP contribution in [0.3, 0.4) is 0 Å². The van der Waals surface area contributed by atoms with E-state index in [2.05, 4.69) is 15.9 Å². The highest BCUT2D eigenvalue weighted by atomic mass is 79.9. The number of benzene rings is 2. The van der Waals surface area contributed by atoms with Crippen LogP contribution in [0.4, 0.5) is 4.39 Å². The van der Waals surface area contributed by atoms with Gasteiger partial charge in [0.15, 0.2) is 5.78 Å². The van der Waals surface area contributed by atoms with Crippen LogP contribution in [0.5, 0.6) is 0 Å². The second kappa shape index (κ2) is 5.85. The third-order valence-corrected chi connectivity index (χ3v) is 3.67. The molecule has 0 atom stereocenters. The second-order valence-electron chi connectivity index (χ2n) is 4.31. The Morgan fingerprint density at radius 3 is 2.53 bits per heavy atom. The Balaban J connectivity index is 2.25. The molecule has 0 N–H and O–H groups in total. The van der Waals surface area contributed by atoms with Crippen LogP contribution in [-0.4, -0.2) is 5.78 Å². The lowest BCUT2D eigenvalue weighted by Gasteiger charge is -2.06. The molecule has 2 aromatic rings. The topological polar surface area (TPSA) is 17.1 Å². The number of Topliss-reactive ketones (excluding diaryl/α,β-unsaturated/α-hetero) is 1. The van der Waals surface area contributed by atoms with Gasteiger partial charge in [-0.05, 0) is 42.3 Å². The van der Waals surface area contributed by atoms with Gasteiger partial charge >= 0.3 is 0 Å². The molecule has 0 bridgehead atoms. The molecule has 4 heteroatoms. The lowest BCUT2D eigenvalue weighted by atomic mass is 10.0. The summed E-state index contributed by atoms with van der Waals surface area (Å²) in [7, 11) is 0. The van der Waals surface area contributed by atoms with Crippen molar-refractivity contribution in [1.82, 2.24) is 0 Å². The first-order chi connectivity index (χ1) is 8.97. The van der Waals surface area contributed by atoms with Crippen molar-refractivity contribution in [2.24, 2.45) is 0 Å². The average molecular weight is 342 g/mol. The molecule has 0 radical (unpaired) electrons. The fourth-order valence-electron chi connectivity index (χ4n) is 1.75. The summed E-state index contributed by atoms with van der Waals surface area (Å²) in [5, 5.41) is 0.158. The normalized spacial score (nSPS) is 10.5. The molecule has 0 aliphatic rings. The number of ketones is 1. The van der Waals surface area contributed by atoms with Crippen LogP contribution in [-0.2, 0) is 6.42 Å².